The zero-order chi connectivity index (χ0) is 12.8. The van der Waals surface area contributed by atoms with Crippen LogP contribution in [0.2, 0.25) is 0 Å². The lowest BCUT2D eigenvalue weighted by molar-refractivity contribution is -0.115. The van der Waals surface area contributed by atoms with Gasteiger partial charge in [-0.05, 0) is 31.1 Å². The Bertz CT molecular complexity index is 489. The summed E-state index contributed by atoms with van der Waals surface area (Å²) in [6.07, 6.45) is 3.40. The number of hydrogen-bond donors (Lipinski definition) is 0. The molecule has 2 nitrogen and oxygen atoms in total. The summed E-state index contributed by atoms with van der Waals surface area (Å²) in [5.74, 6) is -0.0481. The Hall–Kier alpha value is -2.05. The number of amides is 1. The van der Waals surface area contributed by atoms with Gasteiger partial charge in [-0.3, -0.25) is 9.69 Å². The molecule has 0 aromatic heterocycles. The predicted octanol–water partition coefficient (Wildman–Crippen LogP) is 3.76. The number of rotatable bonds is 3. The Morgan fingerprint density at radius 3 is 2.47 bits per heavy atom. The van der Waals surface area contributed by atoms with Crippen LogP contribution in [0.5, 0.6) is 0 Å². The lowest BCUT2D eigenvalue weighted by Crippen LogP contribution is -2.22. The van der Waals surface area contributed by atoms with E-state index in [-0.39, 0.29) is 5.91 Å². The largest absolute Gasteiger partial charge is 0.280 e. The lowest BCUT2D eigenvalue weighted by atomic mass is 10.1. The summed E-state index contributed by atoms with van der Waals surface area (Å²) in [5.41, 5.74) is 5.81. The van der Waals surface area contributed by atoms with Crippen molar-refractivity contribution < 1.29 is 4.79 Å². The molecule has 0 aliphatic rings. The SMILES string of the molecule is C=Cc1ccccc1N(C=C=C(C)C)C(C)=O. The molecule has 0 aliphatic heterocycles. The average Bonchev–Trinajstić information content (AvgIpc) is 2.29. The molecule has 0 N–H and O–H groups in total. The molecule has 0 saturated carbocycles. The topological polar surface area (TPSA) is 20.3 Å². The third kappa shape index (κ3) is 3.47. The van der Waals surface area contributed by atoms with Crippen molar-refractivity contribution in [1.29, 1.82) is 0 Å². The van der Waals surface area contributed by atoms with Gasteiger partial charge in [-0.2, -0.15) is 0 Å². The van der Waals surface area contributed by atoms with Gasteiger partial charge in [0.15, 0.2) is 0 Å². The molecule has 0 spiro atoms. The predicted molar refractivity (Wildman–Crippen MR) is 72.6 cm³/mol. The highest BCUT2D eigenvalue weighted by atomic mass is 16.2. The number of carbonyl (C=O) groups is 1. The third-order valence-corrected chi connectivity index (χ3v) is 2.24. The molecule has 0 saturated heterocycles. The van der Waals surface area contributed by atoms with E-state index in [2.05, 4.69) is 12.3 Å². The van der Waals surface area contributed by atoms with E-state index in [1.54, 1.807) is 17.2 Å². The minimum atomic E-state index is -0.0481. The summed E-state index contributed by atoms with van der Waals surface area (Å²) in [7, 11) is 0. The maximum absolute atomic E-state index is 11.6. The second-order valence-electron chi connectivity index (χ2n) is 3.93. The van der Waals surface area contributed by atoms with Crippen LogP contribution in [0.4, 0.5) is 5.69 Å². The number of carbonyl (C=O) groups excluding carboxylic acids is 1. The molecule has 0 bridgehead atoms. The van der Waals surface area contributed by atoms with Crippen molar-refractivity contribution in [3.05, 3.63) is 53.9 Å². The van der Waals surface area contributed by atoms with Crippen molar-refractivity contribution in [2.24, 2.45) is 0 Å². The van der Waals surface area contributed by atoms with Gasteiger partial charge in [-0.15, -0.1) is 5.73 Å². The number of nitrogens with zero attached hydrogens (tertiary/aromatic N) is 1. The van der Waals surface area contributed by atoms with E-state index in [0.717, 1.165) is 16.8 Å². The van der Waals surface area contributed by atoms with Crippen LogP contribution in [0, 0.1) is 0 Å². The average molecular weight is 227 g/mol. The minimum Gasteiger partial charge on any atom is -0.280 e. The van der Waals surface area contributed by atoms with Gasteiger partial charge in [0.1, 0.15) is 0 Å². The number of para-hydroxylation sites is 1. The fraction of sp³-hybridized carbons (Fsp3) is 0.200. The van der Waals surface area contributed by atoms with E-state index < -0.39 is 0 Å². The summed E-state index contributed by atoms with van der Waals surface area (Å²) in [6, 6.07) is 7.63. The van der Waals surface area contributed by atoms with Crippen LogP contribution in [0.15, 0.2) is 48.3 Å². The zero-order valence-corrected chi connectivity index (χ0v) is 10.5. The number of benzene rings is 1. The quantitative estimate of drug-likeness (QED) is 0.720. The van der Waals surface area contributed by atoms with Crippen molar-refractivity contribution in [3.63, 3.8) is 0 Å². The Balaban J connectivity index is 3.28. The third-order valence-electron chi connectivity index (χ3n) is 2.24. The van der Waals surface area contributed by atoms with Gasteiger partial charge in [0.25, 0.3) is 0 Å². The molecule has 1 aromatic carbocycles. The fourth-order valence-corrected chi connectivity index (χ4v) is 1.40. The normalized spacial score (nSPS) is 9.12. The highest BCUT2D eigenvalue weighted by Gasteiger charge is 2.10. The van der Waals surface area contributed by atoms with Gasteiger partial charge < -0.3 is 0 Å². The summed E-state index contributed by atoms with van der Waals surface area (Å²) in [5, 5.41) is 0. The number of allylic oxidation sites excluding steroid dienone is 1. The molecule has 0 aliphatic carbocycles. The maximum Gasteiger partial charge on any atom is 0.228 e. The van der Waals surface area contributed by atoms with Crippen molar-refractivity contribution in [3.8, 4) is 0 Å². The molecular formula is C15H17NO. The van der Waals surface area contributed by atoms with Gasteiger partial charge in [0.05, 0.1) is 11.9 Å². The first-order valence-electron chi connectivity index (χ1n) is 5.47. The summed E-state index contributed by atoms with van der Waals surface area (Å²) < 4.78 is 0. The molecular weight excluding hydrogens is 210 g/mol. The van der Waals surface area contributed by atoms with Crippen molar-refractivity contribution in [2.75, 3.05) is 4.90 Å². The number of anilines is 1. The van der Waals surface area contributed by atoms with Crippen molar-refractivity contribution in [2.45, 2.75) is 20.8 Å². The van der Waals surface area contributed by atoms with Gasteiger partial charge >= 0.3 is 0 Å². The highest BCUT2D eigenvalue weighted by Crippen LogP contribution is 2.21. The first-order chi connectivity index (χ1) is 8.06. The van der Waals surface area contributed by atoms with E-state index in [4.69, 9.17) is 0 Å². The molecule has 2 heteroatoms. The molecule has 17 heavy (non-hydrogen) atoms. The van der Waals surface area contributed by atoms with Crippen LogP contribution in [-0.4, -0.2) is 5.91 Å². The molecule has 0 fully saturated rings. The molecule has 1 amide bonds. The molecule has 1 rings (SSSR count). The molecule has 0 heterocycles. The van der Waals surface area contributed by atoms with Gasteiger partial charge in [0.2, 0.25) is 5.91 Å². The minimum absolute atomic E-state index is 0.0481. The Morgan fingerprint density at radius 1 is 1.29 bits per heavy atom. The first-order valence-corrected chi connectivity index (χ1v) is 5.47. The van der Waals surface area contributed by atoms with E-state index in [1.165, 1.54) is 6.92 Å². The molecule has 0 atom stereocenters. The van der Waals surface area contributed by atoms with Crippen LogP contribution in [0.1, 0.15) is 26.3 Å². The number of hydrogen-bond acceptors (Lipinski definition) is 1. The Kier molecular flexibility index (Phi) is 4.50. The van der Waals surface area contributed by atoms with Gasteiger partial charge in [0, 0.05) is 6.92 Å². The molecule has 88 valence electrons. The second kappa shape index (κ2) is 5.88. The lowest BCUT2D eigenvalue weighted by Gasteiger charge is -2.17. The molecule has 1 aromatic rings. The van der Waals surface area contributed by atoms with Crippen LogP contribution < -0.4 is 4.90 Å². The second-order valence-corrected chi connectivity index (χ2v) is 3.93. The molecule has 0 unspecified atom stereocenters. The van der Waals surface area contributed by atoms with Crippen LogP contribution in [0.25, 0.3) is 6.08 Å². The summed E-state index contributed by atoms with van der Waals surface area (Å²) in [6.45, 7) is 9.16. The summed E-state index contributed by atoms with van der Waals surface area (Å²) >= 11 is 0. The van der Waals surface area contributed by atoms with Crippen molar-refractivity contribution >= 4 is 17.7 Å². The van der Waals surface area contributed by atoms with Crippen molar-refractivity contribution in [1.82, 2.24) is 0 Å². The van der Waals surface area contributed by atoms with E-state index in [9.17, 15) is 4.79 Å². The smallest absolute Gasteiger partial charge is 0.228 e. The van der Waals surface area contributed by atoms with Gasteiger partial charge in [-0.25, -0.2) is 0 Å². The first kappa shape index (κ1) is 13.0. The zero-order valence-electron chi connectivity index (χ0n) is 10.5. The highest BCUT2D eigenvalue weighted by molar-refractivity contribution is 5.95. The fourth-order valence-electron chi connectivity index (χ4n) is 1.40. The molecule has 0 radical (unpaired) electrons. The van der Waals surface area contributed by atoms with Crippen LogP contribution >= 0.6 is 0 Å². The maximum atomic E-state index is 11.6. The van der Waals surface area contributed by atoms with Crippen LogP contribution in [0.3, 0.4) is 0 Å². The van der Waals surface area contributed by atoms with E-state index >= 15 is 0 Å². The van der Waals surface area contributed by atoms with Gasteiger partial charge in [-0.1, -0.05) is 30.9 Å². The Morgan fingerprint density at radius 2 is 1.94 bits per heavy atom. The summed E-state index contributed by atoms with van der Waals surface area (Å²) in [4.78, 5) is 13.2. The van der Waals surface area contributed by atoms with E-state index in [1.807, 2.05) is 38.1 Å². The van der Waals surface area contributed by atoms with E-state index in [0.29, 0.717) is 0 Å². The monoisotopic (exact) mass is 227 g/mol. The van der Waals surface area contributed by atoms with Crippen LogP contribution in [-0.2, 0) is 4.79 Å². The standard InChI is InChI=1S/C15H17NO/c1-5-14-8-6-7-9-15(14)16(13(4)17)11-10-12(2)3/h5-9,11H,1H2,2-4H3. The Labute approximate surface area is 103 Å².